The molecule has 1 atom stereocenters. The van der Waals surface area contributed by atoms with Gasteiger partial charge in [-0.2, -0.15) is 0 Å². The maximum absolute atomic E-state index is 12.4. The fourth-order valence-corrected chi connectivity index (χ4v) is 3.99. The van der Waals surface area contributed by atoms with E-state index in [2.05, 4.69) is 0 Å². The van der Waals surface area contributed by atoms with E-state index in [0.717, 1.165) is 24.2 Å². The topological polar surface area (TPSA) is 34.1 Å². The van der Waals surface area contributed by atoms with Crippen LogP contribution in [0.5, 0.6) is 0 Å². The Balaban J connectivity index is 2.18. The van der Waals surface area contributed by atoms with Gasteiger partial charge in [0.25, 0.3) is 0 Å². The highest BCUT2D eigenvalue weighted by Gasteiger charge is 2.40. The van der Waals surface area contributed by atoms with Gasteiger partial charge in [0.05, 0.1) is 4.75 Å². The number of thioether (sulfide) groups is 1. The summed E-state index contributed by atoms with van der Waals surface area (Å²) in [5.41, 5.74) is 0. The second kappa shape index (κ2) is 6.38. The van der Waals surface area contributed by atoms with Gasteiger partial charge in [-0.1, -0.05) is 24.6 Å². The van der Waals surface area contributed by atoms with Crippen molar-refractivity contribution >= 4 is 23.3 Å². The summed E-state index contributed by atoms with van der Waals surface area (Å²) in [7, 11) is 0. The number of rotatable bonds is 5. The molecule has 0 aromatic heterocycles. The van der Waals surface area contributed by atoms with Crippen molar-refractivity contribution in [2.75, 3.05) is 0 Å². The maximum Gasteiger partial charge on any atom is 0.149 e. The molecular formula is C16H20O2S. The Kier molecular flexibility index (Phi) is 4.81. The lowest BCUT2D eigenvalue weighted by molar-refractivity contribution is -0.123. The van der Waals surface area contributed by atoms with Crippen LogP contribution < -0.4 is 0 Å². The third kappa shape index (κ3) is 3.69. The molecule has 2 rings (SSSR count). The van der Waals surface area contributed by atoms with Gasteiger partial charge in [0.1, 0.15) is 11.6 Å². The molecule has 19 heavy (non-hydrogen) atoms. The molecule has 102 valence electrons. The molecule has 0 N–H and O–H groups in total. The molecule has 0 bridgehead atoms. The Hall–Kier alpha value is -1.09. The average Bonchev–Trinajstić information content (AvgIpc) is 2.41. The van der Waals surface area contributed by atoms with E-state index in [1.807, 2.05) is 30.3 Å². The molecule has 1 aliphatic carbocycles. The Morgan fingerprint density at radius 2 is 2.00 bits per heavy atom. The zero-order valence-corrected chi connectivity index (χ0v) is 12.2. The van der Waals surface area contributed by atoms with Crippen LogP contribution in [0.25, 0.3) is 0 Å². The summed E-state index contributed by atoms with van der Waals surface area (Å²) in [6.45, 7) is 1.61. The fraction of sp³-hybridized carbons (Fsp3) is 0.500. The van der Waals surface area contributed by atoms with Gasteiger partial charge in [-0.25, -0.2) is 0 Å². The molecule has 0 amide bonds. The number of hydrogen-bond donors (Lipinski definition) is 0. The van der Waals surface area contributed by atoms with Gasteiger partial charge in [-0.05, 0) is 38.3 Å². The molecule has 1 aliphatic rings. The first-order chi connectivity index (χ1) is 9.12. The second-order valence-corrected chi connectivity index (χ2v) is 6.70. The van der Waals surface area contributed by atoms with Crippen LogP contribution in [0.4, 0.5) is 0 Å². The van der Waals surface area contributed by atoms with Gasteiger partial charge >= 0.3 is 0 Å². The van der Waals surface area contributed by atoms with E-state index in [9.17, 15) is 9.59 Å². The summed E-state index contributed by atoms with van der Waals surface area (Å²) in [6.07, 6.45) is 4.84. The first-order valence-electron chi connectivity index (χ1n) is 6.89. The van der Waals surface area contributed by atoms with Gasteiger partial charge in [0.2, 0.25) is 0 Å². The summed E-state index contributed by atoms with van der Waals surface area (Å²) in [5, 5.41) is 0. The Morgan fingerprint density at radius 3 is 2.63 bits per heavy atom. The SMILES string of the molecule is CC(=O)CC[C@@]1(Sc2ccccc2)CCCCC1=O. The van der Waals surface area contributed by atoms with E-state index in [-0.39, 0.29) is 10.5 Å². The average molecular weight is 276 g/mol. The highest BCUT2D eigenvalue weighted by Crippen LogP contribution is 2.44. The predicted molar refractivity (Wildman–Crippen MR) is 78.4 cm³/mol. The number of benzene rings is 1. The zero-order valence-electron chi connectivity index (χ0n) is 11.4. The molecule has 1 saturated carbocycles. The molecule has 0 aliphatic heterocycles. The smallest absolute Gasteiger partial charge is 0.149 e. The van der Waals surface area contributed by atoms with Crippen molar-refractivity contribution in [2.45, 2.75) is 55.1 Å². The number of ketones is 2. The largest absolute Gasteiger partial charge is 0.300 e. The fourth-order valence-electron chi connectivity index (χ4n) is 2.58. The molecule has 1 aromatic rings. The van der Waals surface area contributed by atoms with E-state index in [1.54, 1.807) is 18.7 Å². The van der Waals surface area contributed by atoms with Crippen molar-refractivity contribution in [1.29, 1.82) is 0 Å². The predicted octanol–water partition coefficient (Wildman–Crippen LogP) is 4.03. The van der Waals surface area contributed by atoms with E-state index in [0.29, 0.717) is 25.0 Å². The highest BCUT2D eigenvalue weighted by molar-refractivity contribution is 8.01. The molecule has 0 saturated heterocycles. The van der Waals surface area contributed by atoms with Crippen molar-refractivity contribution in [2.24, 2.45) is 0 Å². The standard InChI is InChI=1S/C16H20O2S/c1-13(17)10-12-16(11-6-5-9-15(16)18)19-14-7-3-2-4-8-14/h2-4,7-8H,5-6,9-12H2,1H3/t16-/m0/s1. The maximum atomic E-state index is 12.4. The van der Waals surface area contributed by atoms with Crippen LogP contribution in [0.1, 0.15) is 45.4 Å². The molecule has 3 heteroatoms. The normalized spacial score (nSPS) is 23.3. The van der Waals surface area contributed by atoms with Crippen molar-refractivity contribution in [3.63, 3.8) is 0 Å². The lowest BCUT2D eigenvalue weighted by Crippen LogP contribution is -2.38. The minimum absolute atomic E-state index is 0.173. The van der Waals surface area contributed by atoms with Gasteiger partial charge in [0.15, 0.2) is 0 Å². The van der Waals surface area contributed by atoms with E-state index < -0.39 is 0 Å². The molecule has 1 aromatic carbocycles. The lowest BCUT2D eigenvalue weighted by atomic mass is 9.83. The van der Waals surface area contributed by atoms with Crippen LogP contribution in [0.15, 0.2) is 35.2 Å². The van der Waals surface area contributed by atoms with Gasteiger partial charge < -0.3 is 4.79 Å². The van der Waals surface area contributed by atoms with Crippen LogP contribution >= 0.6 is 11.8 Å². The van der Waals surface area contributed by atoms with Crippen molar-refractivity contribution < 1.29 is 9.59 Å². The molecular weight excluding hydrogens is 256 g/mol. The third-order valence-corrected chi connectivity index (χ3v) is 5.21. The first-order valence-corrected chi connectivity index (χ1v) is 7.71. The van der Waals surface area contributed by atoms with Crippen molar-refractivity contribution in [3.05, 3.63) is 30.3 Å². The number of carbonyl (C=O) groups is 2. The minimum atomic E-state index is -0.370. The van der Waals surface area contributed by atoms with Crippen LogP contribution in [-0.2, 0) is 9.59 Å². The summed E-state index contributed by atoms with van der Waals surface area (Å²) >= 11 is 1.66. The van der Waals surface area contributed by atoms with E-state index >= 15 is 0 Å². The van der Waals surface area contributed by atoms with Crippen LogP contribution in [0.2, 0.25) is 0 Å². The molecule has 1 fully saturated rings. The molecule has 0 unspecified atom stereocenters. The lowest BCUT2D eigenvalue weighted by Gasteiger charge is -2.35. The molecule has 2 nitrogen and oxygen atoms in total. The van der Waals surface area contributed by atoms with Crippen molar-refractivity contribution in [1.82, 2.24) is 0 Å². The van der Waals surface area contributed by atoms with Crippen LogP contribution in [-0.4, -0.2) is 16.3 Å². The summed E-state index contributed by atoms with van der Waals surface area (Å²) < 4.78 is -0.370. The van der Waals surface area contributed by atoms with Crippen LogP contribution in [0, 0.1) is 0 Å². The van der Waals surface area contributed by atoms with Crippen LogP contribution in [0.3, 0.4) is 0 Å². The summed E-state index contributed by atoms with van der Waals surface area (Å²) in [4.78, 5) is 24.8. The Labute approximate surface area is 119 Å². The second-order valence-electron chi connectivity index (χ2n) is 5.24. The monoisotopic (exact) mass is 276 g/mol. The van der Waals surface area contributed by atoms with E-state index in [4.69, 9.17) is 0 Å². The first kappa shape index (κ1) is 14.3. The minimum Gasteiger partial charge on any atom is -0.300 e. The van der Waals surface area contributed by atoms with Gasteiger partial charge in [-0.15, -0.1) is 11.8 Å². The van der Waals surface area contributed by atoms with Gasteiger partial charge in [-0.3, -0.25) is 4.79 Å². The quantitative estimate of drug-likeness (QED) is 0.814. The molecule has 0 spiro atoms. The third-order valence-electron chi connectivity index (χ3n) is 3.68. The highest BCUT2D eigenvalue weighted by atomic mass is 32.2. The molecule has 0 radical (unpaired) electrons. The van der Waals surface area contributed by atoms with Crippen molar-refractivity contribution in [3.8, 4) is 0 Å². The number of hydrogen-bond acceptors (Lipinski definition) is 3. The summed E-state index contributed by atoms with van der Waals surface area (Å²) in [6, 6.07) is 10.1. The summed E-state index contributed by atoms with van der Waals surface area (Å²) in [5.74, 6) is 0.500. The zero-order chi connectivity index (χ0) is 13.7. The van der Waals surface area contributed by atoms with E-state index in [1.165, 1.54) is 0 Å². The number of Topliss-reactive ketones (excluding diaryl/α,β-unsaturated/α-hetero) is 2. The van der Waals surface area contributed by atoms with Gasteiger partial charge in [0, 0.05) is 17.7 Å². The Bertz CT molecular complexity index is 455. The Morgan fingerprint density at radius 1 is 1.26 bits per heavy atom. The number of carbonyl (C=O) groups excluding carboxylic acids is 2. The molecule has 0 heterocycles.